The van der Waals surface area contributed by atoms with Crippen LogP contribution in [0.15, 0.2) is 0 Å². The van der Waals surface area contributed by atoms with Gasteiger partial charge in [-0.3, -0.25) is 4.55 Å². The van der Waals surface area contributed by atoms with Crippen LogP contribution in [0.5, 0.6) is 0 Å². The molecule has 0 aromatic rings. The van der Waals surface area contributed by atoms with Gasteiger partial charge >= 0.3 is 0 Å². The highest BCUT2D eigenvalue weighted by molar-refractivity contribution is 7.87. The third-order valence-corrected chi connectivity index (χ3v) is 3.04. The van der Waals surface area contributed by atoms with Gasteiger partial charge in [0.15, 0.2) is 0 Å². The molecule has 1 N–H and O–H groups in total. The average molecular weight is 235 g/mol. The van der Waals surface area contributed by atoms with Gasteiger partial charge in [0.2, 0.25) is 0 Å². The molecule has 0 aliphatic carbocycles. The van der Waals surface area contributed by atoms with Crippen LogP contribution in [-0.2, 0) is 10.1 Å². The Labute approximate surface area is 94.0 Å². The summed E-state index contributed by atoms with van der Waals surface area (Å²) in [4.78, 5) is 0. The monoisotopic (exact) mass is 235 g/mol. The van der Waals surface area contributed by atoms with Gasteiger partial charge in [-0.15, -0.1) is 0 Å². The van der Waals surface area contributed by atoms with Gasteiger partial charge < -0.3 is 0 Å². The van der Waals surface area contributed by atoms with E-state index < -0.39 is 10.1 Å². The van der Waals surface area contributed by atoms with Crippen LogP contribution in [0, 0.1) is 5.75 Å². The fourth-order valence-corrected chi connectivity index (χ4v) is 1.98. The molecular weight excluding hydrogens is 212 g/mol. The topological polar surface area (TPSA) is 54.4 Å². The lowest BCUT2D eigenvalue weighted by molar-refractivity contribution is 0.486. The first kappa shape index (κ1) is 14.9. The molecule has 0 rings (SSSR count). The second-order valence-electron chi connectivity index (χ2n) is 3.95. The Balaban J connectivity index is 3.06. The second kappa shape index (κ2) is 9.16. The highest BCUT2D eigenvalue weighted by atomic mass is 32.2. The molecule has 0 aromatic heterocycles. The lowest BCUT2D eigenvalue weighted by atomic mass is 10.1. The molecule has 0 unspecified atom stereocenters. The molecule has 0 aliphatic rings. The number of hydrogen-bond donors (Lipinski definition) is 1. The molecule has 0 fully saturated rings. The maximum absolute atomic E-state index is 10.3. The summed E-state index contributed by atoms with van der Waals surface area (Å²) in [5, 5.41) is 0. The largest absolute Gasteiger partial charge is 0.285 e. The normalized spacial score (nSPS) is 11.9. The summed E-state index contributed by atoms with van der Waals surface area (Å²) in [5.74, 6) is 0.990. The second-order valence-corrected chi connectivity index (χ2v) is 5.31. The van der Waals surface area contributed by atoms with Gasteiger partial charge in [0, 0.05) is 0 Å². The van der Waals surface area contributed by atoms with Gasteiger partial charge in [0.1, 0.15) is 5.75 Å². The molecule has 0 saturated heterocycles. The third-order valence-electron chi connectivity index (χ3n) is 2.39. The van der Waals surface area contributed by atoms with E-state index in [0.29, 0.717) is 6.42 Å². The zero-order valence-corrected chi connectivity index (χ0v) is 10.4. The fourth-order valence-electron chi connectivity index (χ4n) is 1.51. The number of rotatable bonds is 10. The predicted molar refractivity (Wildman–Crippen MR) is 63.1 cm³/mol. The minimum absolute atomic E-state index is 0.466. The molecule has 4 heteroatoms. The summed E-state index contributed by atoms with van der Waals surface area (Å²) in [7, 11) is -3.85. The van der Waals surface area contributed by atoms with Crippen molar-refractivity contribution in [2.24, 2.45) is 0 Å². The van der Waals surface area contributed by atoms with Crippen LogP contribution in [0.1, 0.15) is 64.7 Å². The van der Waals surface area contributed by atoms with Crippen LogP contribution < -0.4 is 0 Å². The SMILES string of the molecule is CCCCCCCCCC[CH]S(=O)(=O)O. The van der Waals surface area contributed by atoms with E-state index in [1.54, 1.807) is 0 Å². The van der Waals surface area contributed by atoms with Gasteiger partial charge in [0.05, 0.1) is 0 Å². The van der Waals surface area contributed by atoms with Crippen molar-refractivity contribution in [3.63, 3.8) is 0 Å². The zero-order valence-electron chi connectivity index (χ0n) is 9.61. The van der Waals surface area contributed by atoms with E-state index in [1.807, 2.05) is 0 Å². The fraction of sp³-hybridized carbons (Fsp3) is 0.909. The lowest BCUT2D eigenvalue weighted by Gasteiger charge is -2.00. The first-order valence-electron chi connectivity index (χ1n) is 5.87. The van der Waals surface area contributed by atoms with Crippen molar-refractivity contribution in [2.75, 3.05) is 0 Å². The molecule has 0 aromatic carbocycles. The molecule has 0 spiro atoms. The maximum atomic E-state index is 10.3. The quantitative estimate of drug-likeness (QED) is 0.465. The van der Waals surface area contributed by atoms with Crippen LogP contribution in [0.25, 0.3) is 0 Å². The molecule has 0 heterocycles. The molecule has 0 bridgehead atoms. The molecule has 0 aliphatic heterocycles. The van der Waals surface area contributed by atoms with Crippen LogP contribution in [0.3, 0.4) is 0 Å². The predicted octanol–water partition coefficient (Wildman–Crippen LogP) is 3.57. The summed E-state index contributed by atoms with van der Waals surface area (Å²) in [6, 6.07) is 0. The van der Waals surface area contributed by atoms with Crippen molar-refractivity contribution in [3.8, 4) is 0 Å². The molecule has 0 saturated carbocycles. The van der Waals surface area contributed by atoms with Crippen molar-refractivity contribution in [1.29, 1.82) is 0 Å². The molecule has 91 valence electrons. The Kier molecular flexibility index (Phi) is 9.10. The summed E-state index contributed by atoms with van der Waals surface area (Å²) in [6.07, 6.45) is 9.97. The molecule has 3 nitrogen and oxygen atoms in total. The maximum Gasteiger partial charge on any atom is 0.269 e. The van der Waals surface area contributed by atoms with Crippen LogP contribution in [0.4, 0.5) is 0 Å². The van der Waals surface area contributed by atoms with Gasteiger partial charge in [-0.1, -0.05) is 58.3 Å². The van der Waals surface area contributed by atoms with E-state index in [9.17, 15) is 8.42 Å². The highest BCUT2D eigenvalue weighted by Gasteiger charge is 2.03. The highest BCUT2D eigenvalue weighted by Crippen LogP contribution is 2.10. The van der Waals surface area contributed by atoms with Crippen LogP contribution in [-0.4, -0.2) is 13.0 Å². The Hall–Kier alpha value is -0.0900. The van der Waals surface area contributed by atoms with Gasteiger partial charge in [-0.2, -0.15) is 8.42 Å². The van der Waals surface area contributed by atoms with Crippen LogP contribution in [0.2, 0.25) is 0 Å². The molecule has 0 amide bonds. The molecule has 0 atom stereocenters. The Morgan fingerprint density at radius 3 is 1.87 bits per heavy atom. The van der Waals surface area contributed by atoms with Crippen molar-refractivity contribution < 1.29 is 13.0 Å². The van der Waals surface area contributed by atoms with Crippen molar-refractivity contribution in [3.05, 3.63) is 5.75 Å². The minimum atomic E-state index is -3.85. The number of unbranched alkanes of at least 4 members (excludes halogenated alkanes) is 8. The zero-order chi connectivity index (χ0) is 11.6. The van der Waals surface area contributed by atoms with Gasteiger partial charge in [0.25, 0.3) is 10.1 Å². The average Bonchev–Trinajstić information content (AvgIpc) is 2.14. The van der Waals surface area contributed by atoms with E-state index in [-0.39, 0.29) is 0 Å². The standard InChI is InChI=1S/C11H23O3S/c1-2-3-4-5-6-7-8-9-10-11-15(12,13)14/h11H,2-10H2,1H3,(H,12,13,14). The third kappa shape index (κ3) is 13.9. The Morgan fingerprint density at radius 2 is 1.40 bits per heavy atom. The van der Waals surface area contributed by atoms with Gasteiger partial charge in [-0.25, -0.2) is 0 Å². The van der Waals surface area contributed by atoms with Crippen molar-refractivity contribution >= 4 is 10.1 Å². The number of hydrogen-bond acceptors (Lipinski definition) is 2. The summed E-state index contributed by atoms with van der Waals surface area (Å²) in [5.41, 5.74) is 0. The van der Waals surface area contributed by atoms with Crippen molar-refractivity contribution in [2.45, 2.75) is 64.7 Å². The van der Waals surface area contributed by atoms with Gasteiger partial charge in [-0.05, 0) is 6.42 Å². The Morgan fingerprint density at radius 1 is 0.933 bits per heavy atom. The van der Waals surface area contributed by atoms with E-state index >= 15 is 0 Å². The first-order valence-corrected chi connectivity index (χ1v) is 7.37. The van der Waals surface area contributed by atoms with E-state index in [4.69, 9.17) is 4.55 Å². The molecule has 15 heavy (non-hydrogen) atoms. The molecule has 1 radical (unpaired) electrons. The van der Waals surface area contributed by atoms with Crippen molar-refractivity contribution in [1.82, 2.24) is 0 Å². The van der Waals surface area contributed by atoms with E-state index in [2.05, 4.69) is 6.92 Å². The van der Waals surface area contributed by atoms with Crippen LogP contribution >= 0.6 is 0 Å². The molecular formula is C11H23O3S. The lowest BCUT2D eigenvalue weighted by Crippen LogP contribution is -1.96. The first-order chi connectivity index (χ1) is 7.06. The minimum Gasteiger partial charge on any atom is -0.285 e. The summed E-state index contributed by atoms with van der Waals surface area (Å²) in [6.45, 7) is 2.20. The summed E-state index contributed by atoms with van der Waals surface area (Å²) < 4.78 is 29.1. The Bertz CT molecular complexity index is 222. The summed E-state index contributed by atoms with van der Waals surface area (Å²) >= 11 is 0. The van der Waals surface area contributed by atoms with E-state index in [1.165, 1.54) is 38.5 Å². The smallest absolute Gasteiger partial charge is 0.269 e. The van der Waals surface area contributed by atoms with E-state index in [0.717, 1.165) is 18.6 Å².